The van der Waals surface area contributed by atoms with E-state index in [4.69, 9.17) is 4.74 Å². The number of aryl methyl sites for hydroxylation is 1. The maximum absolute atomic E-state index is 13.0. The van der Waals surface area contributed by atoms with Crippen LogP contribution in [0.4, 0.5) is 10.5 Å². The number of likely N-dealkylation sites (tertiary alicyclic amines) is 1. The number of carbonyl (C=O) groups excluding carboxylic acids is 3. The van der Waals surface area contributed by atoms with Crippen LogP contribution in [0.1, 0.15) is 37.8 Å². The Morgan fingerprint density at radius 1 is 1.03 bits per heavy atom. The Bertz CT molecular complexity index is 1000. The molecule has 0 radical (unpaired) electrons. The van der Waals surface area contributed by atoms with Gasteiger partial charge in [-0.15, -0.1) is 0 Å². The molecule has 8 heteroatoms. The Labute approximate surface area is 201 Å². The SMILES string of the molecule is CCc1ccccc1NC(=O)N1CCC(NC(=O)[C@@H](Cc2ccccc2OC)NC(C)=O)CC1. The highest BCUT2D eigenvalue weighted by Crippen LogP contribution is 2.20. The molecule has 182 valence electrons. The summed E-state index contributed by atoms with van der Waals surface area (Å²) < 4.78 is 5.38. The summed E-state index contributed by atoms with van der Waals surface area (Å²) in [6, 6.07) is 14.3. The molecule has 3 rings (SSSR count). The number of benzene rings is 2. The maximum Gasteiger partial charge on any atom is 0.321 e. The molecule has 34 heavy (non-hydrogen) atoms. The Kier molecular flexibility index (Phi) is 8.90. The number of anilines is 1. The van der Waals surface area contributed by atoms with Crippen LogP contribution in [-0.2, 0) is 22.4 Å². The fourth-order valence-corrected chi connectivity index (χ4v) is 4.22. The molecule has 0 unspecified atom stereocenters. The van der Waals surface area contributed by atoms with Crippen molar-refractivity contribution in [2.45, 2.75) is 51.6 Å². The summed E-state index contributed by atoms with van der Waals surface area (Å²) in [5, 5.41) is 8.81. The number of hydrogen-bond acceptors (Lipinski definition) is 4. The number of nitrogens with zero attached hydrogens (tertiary/aromatic N) is 1. The summed E-state index contributed by atoms with van der Waals surface area (Å²) in [5.74, 6) is 0.171. The number of rotatable bonds is 8. The van der Waals surface area contributed by atoms with Gasteiger partial charge in [0.1, 0.15) is 11.8 Å². The molecule has 0 aromatic heterocycles. The Hall–Kier alpha value is -3.55. The first kappa shape index (κ1) is 25.1. The van der Waals surface area contributed by atoms with Gasteiger partial charge in [-0.2, -0.15) is 0 Å². The van der Waals surface area contributed by atoms with Gasteiger partial charge in [-0.3, -0.25) is 9.59 Å². The minimum atomic E-state index is -0.708. The molecule has 2 aromatic rings. The predicted molar refractivity (Wildman–Crippen MR) is 132 cm³/mol. The van der Waals surface area contributed by atoms with Crippen molar-refractivity contribution in [3.63, 3.8) is 0 Å². The molecule has 1 aliphatic heterocycles. The van der Waals surface area contributed by atoms with Crippen molar-refractivity contribution in [1.82, 2.24) is 15.5 Å². The van der Waals surface area contributed by atoms with Crippen LogP contribution in [0.5, 0.6) is 5.75 Å². The first-order valence-electron chi connectivity index (χ1n) is 11.7. The summed E-state index contributed by atoms with van der Waals surface area (Å²) in [4.78, 5) is 39.3. The number of amides is 4. The highest BCUT2D eigenvalue weighted by Gasteiger charge is 2.28. The Balaban J connectivity index is 1.55. The summed E-state index contributed by atoms with van der Waals surface area (Å²) in [6.45, 7) is 4.54. The zero-order valence-corrected chi connectivity index (χ0v) is 20.1. The normalized spacial score (nSPS) is 14.7. The average molecular weight is 467 g/mol. The van der Waals surface area contributed by atoms with Gasteiger partial charge in [0.2, 0.25) is 11.8 Å². The third-order valence-electron chi connectivity index (χ3n) is 6.08. The van der Waals surface area contributed by atoms with Gasteiger partial charge >= 0.3 is 6.03 Å². The van der Waals surface area contributed by atoms with E-state index in [-0.39, 0.29) is 23.9 Å². The molecular weight excluding hydrogens is 432 g/mol. The molecule has 1 aliphatic rings. The molecule has 8 nitrogen and oxygen atoms in total. The lowest BCUT2D eigenvalue weighted by molar-refractivity contribution is -0.128. The van der Waals surface area contributed by atoms with Gasteiger partial charge in [-0.1, -0.05) is 43.3 Å². The summed E-state index contributed by atoms with van der Waals surface area (Å²) in [6.07, 6.45) is 2.47. The molecule has 1 heterocycles. The van der Waals surface area contributed by atoms with Crippen LogP contribution in [0.25, 0.3) is 0 Å². The van der Waals surface area contributed by atoms with Gasteiger partial charge in [0.25, 0.3) is 0 Å². The number of nitrogens with one attached hydrogen (secondary N) is 3. The van der Waals surface area contributed by atoms with Crippen LogP contribution < -0.4 is 20.7 Å². The van der Waals surface area contributed by atoms with Crippen molar-refractivity contribution >= 4 is 23.5 Å². The standard InChI is InChI=1S/C26H34N4O4/c1-4-19-9-5-7-11-22(19)29-26(33)30-15-13-21(14-16-30)28-25(32)23(27-18(2)31)17-20-10-6-8-12-24(20)34-3/h5-12,21,23H,4,13-17H2,1-3H3,(H,27,31)(H,28,32)(H,29,33)/t23-/m1/s1. The maximum atomic E-state index is 13.0. The number of hydrogen-bond donors (Lipinski definition) is 3. The summed E-state index contributed by atoms with van der Waals surface area (Å²) in [5.41, 5.74) is 2.77. The van der Waals surface area contributed by atoms with Gasteiger partial charge in [0, 0.05) is 38.2 Å². The van der Waals surface area contributed by atoms with E-state index in [2.05, 4.69) is 22.9 Å². The lowest BCUT2D eigenvalue weighted by atomic mass is 10.0. The minimum Gasteiger partial charge on any atom is -0.496 e. The van der Waals surface area contributed by atoms with Crippen LogP contribution in [-0.4, -0.2) is 55.0 Å². The lowest BCUT2D eigenvalue weighted by Gasteiger charge is -2.33. The van der Waals surface area contributed by atoms with Gasteiger partial charge in [0.15, 0.2) is 0 Å². The quantitative estimate of drug-likeness (QED) is 0.557. The summed E-state index contributed by atoms with van der Waals surface area (Å²) >= 11 is 0. The van der Waals surface area contributed by atoms with E-state index in [1.54, 1.807) is 12.0 Å². The van der Waals surface area contributed by atoms with E-state index in [1.165, 1.54) is 6.92 Å². The van der Waals surface area contributed by atoms with Crippen molar-refractivity contribution in [3.8, 4) is 5.75 Å². The first-order valence-corrected chi connectivity index (χ1v) is 11.7. The highest BCUT2D eigenvalue weighted by atomic mass is 16.5. The number of carbonyl (C=O) groups is 3. The van der Waals surface area contributed by atoms with E-state index >= 15 is 0 Å². The van der Waals surface area contributed by atoms with Crippen LogP contribution in [0.2, 0.25) is 0 Å². The van der Waals surface area contributed by atoms with E-state index in [0.29, 0.717) is 38.1 Å². The van der Waals surface area contributed by atoms with Crippen LogP contribution in [0.15, 0.2) is 48.5 Å². The van der Waals surface area contributed by atoms with Crippen molar-refractivity contribution in [2.75, 3.05) is 25.5 Å². The third-order valence-corrected chi connectivity index (χ3v) is 6.08. The topological polar surface area (TPSA) is 99.8 Å². The van der Waals surface area contributed by atoms with Gasteiger partial charge < -0.3 is 25.6 Å². The number of methoxy groups -OCH3 is 1. The van der Waals surface area contributed by atoms with E-state index < -0.39 is 6.04 Å². The molecule has 0 spiro atoms. The predicted octanol–water partition coefficient (Wildman–Crippen LogP) is 3.12. The average Bonchev–Trinajstić information content (AvgIpc) is 2.84. The largest absolute Gasteiger partial charge is 0.496 e. The van der Waals surface area contributed by atoms with Crippen molar-refractivity contribution in [3.05, 3.63) is 59.7 Å². The molecule has 2 aromatic carbocycles. The summed E-state index contributed by atoms with van der Waals surface area (Å²) in [7, 11) is 1.58. The fourth-order valence-electron chi connectivity index (χ4n) is 4.22. The van der Waals surface area contributed by atoms with Crippen molar-refractivity contribution in [2.24, 2.45) is 0 Å². The number of piperidine rings is 1. The van der Waals surface area contributed by atoms with Crippen LogP contribution >= 0.6 is 0 Å². The molecule has 4 amide bonds. The zero-order valence-electron chi connectivity index (χ0n) is 20.1. The van der Waals surface area contributed by atoms with Gasteiger partial charge in [-0.05, 0) is 42.5 Å². The zero-order chi connectivity index (χ0) is 24.5. The van der Waals surface area contributed by atoms with Gasteiger partial charge in [0.05, 0.1) is 7.11 Å². The number of para-hydroxylation sites is 2. The lowest BCUT2D eigenvalue weighted by Crippen LogP contribution is -2.53. The monoisotopic (exact) mass is 466 g/mol. The van der Waals surface area contributed by atoms with Crippen molar-refractivity contribution in [1.29, 1.82) is 0 Å². The Morgan fingerprint density at radius 3 is 2.32 bits per heavy atom. The number of urea groups is 1. The molecular formula is C26H34N4O4. The second-order valence-corrected chi connectivity index (χ2v) is 8.48. The van der Waals surface area contributed by atoms with E-state index in [1.807, 2.05) is 48.5 Å². The van der Waals surface area contributed by atoms with Crippen molar-refractivity contribution < 1.29 is 19.1 Å². The van der Waals surface area contributed by atoms with E-state index in [9.17, 15) is 14.4 Å². The van der Waals surface area contributed by atoms with E-state index in [0.717, 1.165) is 23.2 Å². The molecule has 1 fully saturated rings. The fraction of sp³-hybridized carbons (Fsp3) is 0.423. The minimum absolute atomic E-state index is 0.0617. The smallest absolute Gasteiger partial charge is 0.321 e. The second-order valence-electron chi connectivity index (χ2n) is 8.48. The molecule has 1 atom stereocenters. The molecule has 0 bridgehead atoms. The Morgan fingerprint density at radius 2 is 1.68 bits per heavy atom. The molecule has 0 aliphatic carbocycles. The van der Waals surface area contributed by atoms with Crippen LogP contribution in [0, 0.1) is 0 Å². The third kappa shape index (κ3) is 6.73. The van der Waals surface area contributed by atoms with Crippen LogP contribution in [0.3, 0.4) is 0 Å². The molecule has 3 N–H and O–H groups in total. The number of ether oxygens (including phenoxy) is 1. The van der Waals surface area contributed by atoms with Gasteiger partial charge in [-0.25, -0.2) is 4.79 Å². The molecule has 1 saturated heterocycles. The highest BCUT2D eigenvalue weighted by molar-refractivity contribution is 5.90. The second kappa shape index (κ2) is 12.1. The first-order chi connectivity index (χ1) is 16.4. The molecule has 0 saturated carbocycles.